The molecule has 1 aliphatic rings. The Balaban J connectivity index is 2.33. The topological polar surface area (TPSA) is 37.4 Å². The van der Waals surface area contributed by atoms with Gasteiger partial charge in [0.05, 0.1) is 4.90 Å². The van der Waals surface area contributed by atoms with Crippen molar-refractivity contribution in [2.75, 3.05) is 13.1 Å². The van der Waals surface area contributed by atoms with Crippen LogP contribution < -0.4 is 0 Å². The number of benzene rings is 1. The van der Waals surface area contributed by atoms with Crippen molar-refractivity contribution in [1.82, 2.24) is 4.31 Å². The Kier molecular flexibility index (Phi) is 4.62. The van der Waals surface area contributed by atoms with E-state index in [0.717, 1.165) is 29.3 Å². The van der Waals surface area contributed by atoms with Gasteiger partial charge in [0.15, 0.2) is 0 Å². The number of hydrogen-bond acceptors (Lipinski definition) is 2. The van der Waals surface area contributed by atoms with Crippen LogP contribution in [0.2, 0.25) is 0 Å². The molecule has 0 unspecified atom stereocenters. The molecule has 0 bridgehead atoms. The zero-order chi connectivity index (χ0) is 15.0. The molecule has 20 heavy (non-hydrogen) atoms. The average Bonchev–Trinajstić information content (AvgIpc) is 2.53. The monoisotopic (exact) mass is 359 g/mol. The van der Waals surface area contributed by atoms with Crippen LogP contribution in [0, 0.1) is 12.3 Å². The highest BCUT2D eigenvalue weighted by Gasteiger charge is 2.31. The van der Waals surface area contributed by atoms with Crippen LogP contribution in [0.15, 0.2) is 27.6 Å². The Labute approximate surface area is 130 Å². The molecule has 112 valence electrons. The second-order valence-electron chi connectivity index (χ2n) is 6.33. The lowest BCUT2D eigenvalue weighted by molar-refractivity contribution is 0.315. The molecule has 1 aromatic carbocycles. The molecule has 1 aromatic rings. The first-order chi connectivity index (χ1) is 9.22. The average molecular weight is 360 g/mol. The fraction of sp³-hybridized carbons (Fsp3) is 0.600. The molecule has 1 heterocycles. The third kappa shape index (κ3) is 3.43. The van der Waals surface area contributed by atoms with E-state index in [2.05, 4.69) is 29.8 Å². The van der Waals surface area contributed by atoms with Crippen molar-refractivity contribution in [3.8, 4) is 0 Å². The molecule has 0 spiro atoms. The SMILES string of the molecule is Cc1ccc(Br)cc1S(=O)(=O)N1CCCC(C)(C)CC1. The summed E-state index contributed by atoms with van der Waals surface area (Å²) in [6.07, 6.45) is 2.93. The van der Waals surface area contributed by atoms with Gasteiger partial charge in [-0.3, -0.25) is 0 Å². The van der Waals surface area contributed by atoms with E-state index in [1.807, 2.05) is 19.1 Å². The second-order valence-corrected chi connectivity index (χ2v) is 9.15. The van der Waals surface area contributed by atoms with Gasteiger partial charge in [-0.1, -0.05) is 35.8 Å². The highest BCUT2D eigenvalue weighted by molar-refractivity contribution is 9.10. The molecule has 0 aromatic heterocycles. The maximum Gasteiger partial charge on any atom is 0.243 e. The van der Waals surface area contributed by atoms with E-state index >= 15 is 0 Å². The minimum Gasteiger partial charge on any atom is -0.207 e. The first-order valence-electron chi connectivity index (χ1n) is 6.99. The third-order valence-corrected chi connectivity index (χ3v) is 6.60. The van der Waals surface area contributed by atoms with E-state index < -0.39 is 10.0 Å². The number of sulfonamides is 1. The maximum atomic E-state index is 12.8. The summed E-state index contributed by atoms with van der Waals surface area (Å²) in [4.78, 5) is 0.423. The van der Waals surface area contributed by atoms with Gasteiger partial charge in [-0.15, -0.1) is 0 Å². The van der Waals surface area contributed by atoms with E-state index in [4.69, 9.17) is 0 Å². The first kappa shape index (κ1) is 16.0. The van der Waals surface area contributed by atoms with E-state index in [0.29, 0.717) is 18.0 Å². The van der Waals surface area contributed by atoms with Crippen LogP contribution in [0.3, 0.4) is 0 Å². The largest absolute Gasteiger partial charge is 0.243 e. The Hall–Kier alpha value is -0.390. The molecule has 5 heteroatoms. The zero-order valence-corrected chi connectivity index (χ0v) is 14.7. The molecule has 0 amide bonds. The summed E-state index contributed by atoms with van der Waals surface area (Å²) in [6, 6.07) is 5.43. The molecule has 1 aliphatic heterocycles. The smallest absolute Gasteiger partial charge is 0.207 e. The number of halogens is 1. The summed E-state index contributed by atoms with van der Waals surface area (Å²) in [7, 11) is -3.39. The molecule has 1 fully saturated rings. The van der Waals surface area contributed by atoms with Crippen LogP contribution in [-0.4, -0.2) is 25.8 Å². The fourth-order valence-corrected chi connectivity index (χ4v) is 4.87. The van der Waals surface area contributed by atoms with Gasteiger partial charge >= 0.3 is 0 Å². The third-order valence-electron chi connectivity index (χ3n) is 4.07. The predicted octanol–water partition coefficient (Wildman–Crippen LogP) is 3.96. The molecule has 3 nitrogen and oxygen atoms in total. The maximum absolute atomic E-state index is 12.8. The molecule has 0 atom stereocenters. The summed E-state index contributed by atoms with van der Waals surface area (Å²) in [6.45, 7) is 7.51. The molecule has 0 radical (unpaired) electrons. The number of aryl methyl sites for hydroxylation is 1. The molecule has 0 saturated carbocycles. The van der Waals surface area contributed by atoms with Gasteiger partial charge in [-0.05, 0) is 49.3 Å². The molecule has 0 N–H and O–H groups in total. The minimum atomic E-state index is -3.39. The normalized spacial score (nSPS) is 20.6. The lowest BCUT2D eigenvalue weighted by Crippen LogP contribution is -2.32. The Morgan fingerprint density at radius 3 is 2.60 bits per heavy atom. The first-order valence-corrected chi connectivity index (χ1v) is 9.22. The molecule has 1 saturated heterocycles. The Morgan fingerprint density at radius 1 is 1.20 bits per heavy atom. The van der Waals surface area contributed by atoms with E-state index in [1.54, 1.807) is 10.4 Å². The highest BCUT2D eigenvalue weighted by atomic mass is 79.9. The van der Waals surface area contributed by atoms with Crippen LogP contribution in [0.1, 0.15) is 38.7 Å². The molecular weight excluding hydrogens is 338 g/mol. The van der Waals surface area contributed by atoms with Crippen molar-refractivity contribution in [3.05, 3.63) is 28.2 Å². The van der Waals surface area contributed by atoms with Gasteiger partial charge in [0.1, 0.15) is 0 Å². The summed E-state index contributed by atoms with van der Waals surface area (Å²) >= 11 is 3.36. The van der Waals surface area contributed by atoms with Crippen LogP contribution in [0.5, 0.6) is 0 Å². The number of hydrogen-bond donors (Lipinski definition) is 0. The minimum absolute atomic E-state index is 0.233. The van der Waals surface area contributed by atoms with Crippen molar-refractivity contribution in [2.24, 2.45) is 5.41 Å². The lowest BCUT2D eigenvalue weighted by atomic mass is 9.85. The van der Waals surface area contributed by atoms with Gasteiger partial charge in [0, 0.05) is 17.6 Å². The lowest BCUT2D eigenvalue weighted by Gasteiger charge is -2.23. The summed E-state index contributed by atoms with van der Waals surface area (Å²) in [5, 5.41) is 0. The standard InChI is InChI=1S/C15H22BrNO2S/c1-12-5-6-13(16)11-14(12)20(18,19)17-9-4-7-15(2,3)8-10-17/h5-6,11H,4,7-10H2,1-3H3. The van der Waals surface area contributed by atoms with Crippen LogP contribution in [0.4, 0.5) is 0 Å². The zero-order valence-electron chi connectivity index (χ0n) is 12.3. The van der Waals surface area contributed by atoms with Crippen LogP contribution >= 0.6 is 15.9 Å². The Bertz CT molecular complexity index is 596. The van der Waals surface area contributed by atoms with Gasteiger partial charge in [0.2, 0.25) is 10.0 Å². The van der Waals surface area contributed by atoms with Gasteiger partial charge < -0.3 is 0 Å². The Morgan fingerprint density at radius 2 is 1.90 bits per heavy atom. The summed E-state index contributed by atoms with van der Waals surface area (Å²) in [5.74, 6) is 0. The van der Waals surface area contributed by atoms with E-state index in [9.17, 15) is 8.42 Å². The van der Waals surface area contributed by atoms with Crippen molar-refractivity contribution in [3.63, 3.8) is 0 Å². The van der Waals surface area contributed by atoms with Crippen molar-refractivity contribution >= 4 is 26.0 Å². The highest BCUT2D eigenvalue weighted by Crippen LogP contribution is 2.32. The van der Waals surface area contributed by atoms with Crippen molar-refractivity contribution in [1.29, 1.82) is 0 Å². The predicted molar refractivity (Wildman–Crippen MR) is 85.3 cm³/mol. The molecule has 2 rings (SSSR count). The van der Waals surface area contributed by atoms with Gasteiger partial charge in [0.25, 0.3) is 0 Å². The fourth-order valence-electron chi connectivity index (χ4n) is 2.63. The van der Waals surface area contributed by atoms with Crippen LogP contribution in [-0.2, 0) is 10.0 Å². The molecule has 0 aliphatic carbocycles. The van der Waals surface area contributed by atoms with Crippen molar-refractivity contribution in [2.45, 2.75) is 44.9 Å². The molecular formula is C15H22BrNO2S. The van der Waals surface area contributed by atoms with Gasteiger partial charge in [-0.2, -0.15) is 4.31 Å². The van der Waals surface area contributed by atoms with Gasteiger partial charge in [-0.25, -0.2) is 8.42 Å². The van der Waals surface area contributed by atoms with E-state index in [1.165, 1.54) is 0 Å². The second kappa shape index (κ2) is 5.78. The van der Waals surface area contributed by atoms with Crippen LogP contribution in [0.25, 0.3) is 0 Å². The van der Waals surface area contributed by atoms with E-state index in [-0.39, 0.29) is 5.41 Å². The quantitative estimate of drug-likeness (QED) is 0.801. The number of nitrogens with zero attached hydrogens (tertiary/aromatic N) is 1. The summed E-state index contributed by atoms with van der Waals surface area (Å²) in [5.41, 5.74) is 1.04. The summed E-state index contributed by atoms with van der Waals surface area (Å²) < 4.78 is 28.1. The number of rotatable bonds is 2. The van der Waals surface area contributed by atoms with Crippen molar-refractivity contribution < 1.29 is 8.42 Å².